The Bertz CT molecular complexity index is 1540. The third-order valence-corrected chi connectivity index (χ3v) is 13.6. The Morgan fingerprint density at radius 1 is 0.453 bits per heavy atom. The third kappa shape index (κ3) is 41.2. The van der Waals surface area contributed by atoms with Crippen LogP contribution < -0.4 is 0 Å². The van der Waals surface area contributed by atoms with Crippen LogP contribution in [0, 0.1) is 0 Å². The number of hydrogen-bond acceptors (Lipinski definition) is 11. The molecule has 0 aliphatic carbocycles. The van der Waals surface area contributed by atoms with Crippen molar-refractivity contribution in [2.75, 3.05) is 13.2 Å². The summed E-state index contributed by atoms with van der Waals surface area (Å²) < 4.78 is 28.4. The molecule has 6 unspecified atom stereocenters. The van der Waals surface area contributed by atoms with E-state index >= 15 is 0 Å². The number of aliphatic hydroxyl groups excluding tert-OH is 2. The van der Waals surface area contributed by atoms with Crippen molar-refractivity contribution in [3.8, 4) is 0 Å². The number of esters is 3. The molecule has 1 aliphatic heterocycles. The summed E-state index contributed by atoms with van der Waals surface area (Å²) >= 11 is 0. The zero-order valence-corrected chi connectivity index (χ0v) is 47.5. The Balaban J connectivity index is 2.63. The zero-order chi connectivity index (χ0) is 54.7. The molecule has 0 radical (unpaired) electrons. The van der Waals surface area contributed by atoms with Crippen molar-refractivity contribution >= 4 is 23.9 Å². The Kier molecular flexibility index (Phi) is 47.4. The average molecular weight is 1060 g/mol. The molecule has 3 N–H and O–H groups in total. The molecular weight excluding hydrogens is 949 g/mol. The highest BCUT2D eigenvalue weighted by molar-refractivity contribution is 5.74. The summed E-state index contributed by atoms with van der Waals surface area (Å²) in [6.07, 6.45) is 50.6. The molecule has 0 aromatic carbocycles. The summed E-state index contributed by atoms with van der Waals surface area (Å²) in [5.74, 6) is -3.14. The smallest absolute Gasteiger partial charge is 0.335 e. The van der Waals surface area contributed by atoms with Crippen LogP contribution in [0.2, 0.25) is 0 Å². The highest BCUT2D eigenvalue weighted by Gasteiger charge is 2.50. The van der Waals surface area contributed by atoms with Gasteiger partial charge >= 0.3 is 23.9 Å². The van der Waals surface area contributed by atoms with Crippen LogP contribution in [0.15, 0.2) is 60.8 Å². The highest BCUT2D eigenvalue weighted by atomic mass is 16.7. The number of hydrogen-bond donors (Lipinski definition) is 3. The van der Waals surface area contributed by atoms with E-state index in [0.717, 1.165) is 89.9 Å². The maximum Gasteiger partial charge on any atom is 0.335 e. The standard InChI is InChI=1S/C63H108O12/c1-4-7-10-13-16-19-21-23-25-27-28-30-31-33-35-38-40-43-46-49-55(64)71-52-54(73-56(65)50-47-44-41-37-18-15-12-9-6-3)53-72-63-61(59(68)58(67)60(75-63)62(69)70)74-57(66)51-48-45-42-39-36-34-32-29-26-24-22-20-17-14-11-8-5-2/h8,11,17,20,23-26,32,34,54,58-61,63,67-68H,4-7,9-10,12-16,18-19,21-22,27-31,33,35-53H2,1-3H3,(H,69,70)/b11-8-,20-17-,25-23-,26-24-,34-32-. The van der Waals surface area contributed by atoms with Gasteiger partial charge in [0.25, 0.3) is 0 Å². The molecule has 1 fully saturated rings. The number of ether oxygens (including phenoxy) is 5. The van der Waals surface area contributed by atoms with Crippen molar-refractivity contribution in [2.24, 2.45) is 0 Å². The molecule has 1 heterocycles. The molecule has 1 aliphatic rings. The Morgan fingerprint density at radius 3 is 1.29 bits per heavy atom. The van der Waals surface area contributed by atoms with E-state index in [-0.39, 0.29) is 25.9 Å². The first-order valence-corrected chi connectivity index (χ1v) is 30.3. The van der Waals surface area contributed by atoms with Gasteiger partial charge in [-0.05, 0) is 83.5 Å². The van der Waals surface area contributed by atoms with Gasteiger partial charge in [-0.1, -0.05) is 223 Å². The van der Waals surface area contributed by atoms with Gasteiger partial charge in [-0.2, -0.15) is 0 Å². The number of aliphatic hydroxyl groups is 2. The van der Waals surface area contributed by atoms with Crippen molar-refractivity contribution in [3.05, 3.63) is 60.8 Å². The topological polar surface area (TPSA) is 175 Å². The summed E-state index contributed by atoms with van der Waals surface area (Å²) in [5, 5.41) is 31.5. The van der Waals surface area contributed by atoms with E-state index in [1.165, 1.54) is 116 Å². The van der Waals surface area contributed by atoms with Crippen molar-refractivity contribution in [1.29, 1.82) is 0 Å². The number of carboxylic acids is 1. The van der Waals surface area contributed by atoms with Gasteiger partial charge in [0.15, 0.2) is 24.6 Å². The average Bonchev–Trinajstić information content (AvgIpc) is 3.39. The number of carboxylic acid groups (broad SMARTS) is 1. The summed E-state index contributed by atoms with van der Waals surface area (Å²) in [5.41, 5.74) is 0. The molecule has 1 saturated heterocycles. The number of rotatable bonds is 51. The molecule has 0 aromatic rings. The monoisotopic (exact) mass is 1060 g/mol. The van der Waals surface area contributed by atoms with Gasteiger partial charge in [0, 0.05) is 19.3 Å². The van der Waals surface area contributed by atoms with Crippen molar-refractivity contribution in [3.63, 3.8) is 0 Å². The van der Waals surface area contributed by atoms with E-state index in [1.807, 2.05) is 0 Å². The first-order chi connectivity index (χ1) is 36.6. The Hall–Kier alpha value is -3.58. The molecule has 0 spiro atoms. The van der Waals surface area contributed by atoms with Gasteiger partial charge in [-0.25, -0.2) is 4.79 Å². The first-order valence-electron chi connectivity index (χ1n) is 30.3. The SMILES string of the molecule is CC/C=C\C/C=C\C/C=C\C/C=C\CCCCCCC(=O)OC1C(OCC(COC(=O)CCCCCCCCCCC/C=C\CCCCCCCC)OC(=O)CCCCCCCCCCC)OC(C(=O)O)C(O)C1O. The van der Waals surface area contributed by atoms with Crippen molar-refractivity contribution in [2.45, 2.75) is 302 Å². The Morgan fingerprint density at radius 2 is 0.840 bits per heavy atom. The number of carbonyl (C=O) groups excluding carboxylic acids is 3. The minimum atomic E-state index is -1.91. The minimum absolute atomic E-state index is 0.0328. The molecule has 0 bridgehead atoms. The van der Waals surface area contributed by atoms with E-state index in [1.54, 1.807) is 0 Å². The molecule has 0 saturated carbocycles. The summed E-state index contributed by atoms with van der Waals surface area (Å²) in [6, 6.07) is 0. The van der Waals surface area contributed by atoms with Crippen LogP contribution >= 0.6 is 0 Å². The van der Waals surface area contributed by atoms with E-state index in [4.69, 9.17) is 23.7 Å². The highest BCUT2D eigenvalue weighted by Crippen LogP contribution is 2.26. The van der Waals surface area contributed by atoms with E-state index in [2.05, 4.69) is 81.5 Å². The second-order valence-electron chi connectivity index (χ2n) is 20.6. The van der Waals surface area contributed by atoms with Crippen LogP contribution in [0.1, 0.15) is 265 Å². The normalized spacial score (nSPS) is 18.5. The molecule has 0 aromatic heterocycles. The fraction of sp³-hybridized carbons (Fsp3) is 0.778. The molecule has 1 rings (SSSR count). The van der Waals surface area contributed by atoms with E-state index in [0.29, 0.717) is 19.3 Å². The van der Waals surface area contributed by atoms with Crippen LogP contribution in [0.4, 0.5) is 0 Å². The summed E-state index contributed by atoms with van der Waals surface area (Å²) in [6.45, 7) is 5.85. The van der Waals surface area contributed by atoms with Gasteiger partial charge < -0.3 is 39.0 Å². The quantitative estimate of drug-likeness (QED) is 0.0228. The second kappa shape index (κ2) is 51.2. The predicted octanol–water partition coefficient (Wildman–Crippen LogP) is 15.6. The van der Waals surface area contributed by atoms with Crippen LogP contribution in [-0.4, -0.2) is 89.2 Å². The van der Waals surface area contributed by atoms with Gasteiger partial charge in [0.1, 0.15) is 18.8 Å². The molecule has 6 atom stereocenters. The van der Waals surface area contributed by atoms with Crippen LogP contribution in [0.25, 0.3) is 0 Å². The van der Waals surface area contributed by atoms with Gasteiger partial charge in [-0.3, -0.25) is 14.4 Å². The van der Waals surface area contributed by atoms with E-state index in [9.17, 15) is 34.5 Å². The molecule has 0 amide bonds. The van der Waals surface area contributed by atoms with Gasteiger partial charge in [-0.15, -0.1) is 0 Å². The van der Waals surface area contributed by atoms with Crippen molar-refractivity contribution < 1.29 is 58.2 Å². The first kappa shape index (κ1) is 69.4. The van der Waals surface area contributed by atoms with Gasteiger partial charge in [0.05, 0.1) is 6.61 Å². The number of aliphatic carboxylic acids is 1. The molecule has 12 heteroatoms. The lowest BCUT2D eigenvalue weighted by Crippen LogP contribution is -2.61. The number of carbonyl (C=O) groups is 4. The lowest BCUT2D eigenvalue weighted by molar-refractivity contribution is -0.301. The van der Waals surface area contributed by atoms with Crippen LogP contribution in [-0.2, 0) is 42.9 Å². The lowest BCUT2D eigenvalue weighted by Gasteiger charge is -2.40. The minimum Gasteiger partial charge on any atom is -0.479 e. The lowest BCUT2D eigenvalue weighted by atomic mass is 9.98. The largest absolute Gasteiger partial charge is 0.479 e. The van der Waals surface area contributed by atoms with Crippen LogP contribution in [0.3, 0.4) is 0 Å². The third-order valence-electron chi connectivity index (χ3n) is 13.6. The fourth-order valence-corrected chi connectivity index (χ4v) is 8.94. The second-order valence-corrected chi connectivity index (χ2v) is 20.6. The van der Waals surface area contributed by atoms with Crippen molar-refractivity contribution in [1.82, 2.24) is 0 Å². The van der Waals surface area contributed by atoms with Crippen LogP contribution in [0.5, 0.6) is 0 Å². The molecule has 12 nitrogen and oxygen atoms in total. The summed E-state index contributed by atoms with van der Waals surface area (Å²) in [4.78, 5) is 51.0. The molecule has 432 valence electrons. The fourth-order valence-electron chi connectivity index (χ4n) is 8.94. The maximum atomic E-state index is 13.1. The molecular formula is C63H108O12. The van der Waals surface area contributed by atoms with E-state index < -0.39 is 67.3 Å². The maximum absolute atomic E-state index is 13.1. The number of unbranched alkanes of at least 4 members (excludes halogenated alkanes) is 27. The number of allylic oxidation sites excluding steroid dienone is 10. The molecule has 75 heavy (non-hydrogen) atoms. The van der Waals surface area contributed by atoms with Gasteiger partial charge in [0.2, 0.25) is 0 Å². The summed E-state index contributed by atoms with van der Waals surface area (Å²) in [7, 11) is 0. The zero-order valence-electron chi connectivity index (χ0n) is 47.5. The predicted molar refractivity (Wildman–Crippen MR) is 303 cm³/mol. The Labute approximate surface area is 456 Å².